The van der Waals surface area contributed by atoms with Crippen molar-refractivity contribution in [1.82, 2.24) is 0 Å². The number of carbonyl (C=O) groups excluding carboxylic acids is 1. The summed E-state index contributed by atoms with van der Waals surface area (Å²) in [6.45, 7) is 2.36. The molecule has 0 fully saturated rings. The lowest BCUT2D eigenvalue weighted by molar-refractivity contribution is -0.148. The third kappa shape index (κ3) is 4.28. The van der Waals surface area contributed by atoms with E-state index in [1.807, 2.05) is 6.92 Å². The molecule has 0 heterocycles. The van der Waals surface area contributed by atoms with Gasteiger partial charge in [0.05, 0.1) is 0 Å². The zero-order chi connectivity index (χ0) is 12.6. The van der Waals surface area contributed by atoms with E-state index in [1.165, 1.54) is 0 Å². The molecular weight excluding hydrogens is 208 g/mol. The molecule has 0 amide bonds. The second kappa shape index (κ2) is 7.35. The molecule has 0 radical (unpaired) electrons. The average molecular weight is 230 g/mol. The number of unbranched alkanes of at least 4 members (excludes halogenated alkanes) is 2. The number of aliphatic carboxylic acids is 1. The van der Waals surface area contributed by atoms with Crippen molar-refractivity contribution in [3.05, 3.63) is 0 Å². The van der Waals surface area contributed by atoms with Crippen molar-refractivity contribution in [1.29, 1.82) is 0 Å². The number of rotatable bonds is 9. The first-order chi connectivity index (χ1) is 7.49. The number of ketones is 1. The van der Waals surface area contributed by atoms with E-state index in [0.29, 0.717) is 19.4 Å². The van der Waals surface area contributed by atoms with E-state index < -0.39 is 11.5 Å². The quantitative estimate of drug-likeness (QED) is 0.398. The largest absolute Gasteiger partial charge is 0.480 e. The van der Waals surface area contributed by atoms with Crippen LogP contribution in [-0.4, -0.2) is 28.9 Å². The smallest absolute Gasteiger partial charge is 0.331 e. The number of nitrogens with two attached hydrogens (primary N) is 2. The van der Waals surface area contributed by atoms with E-state index in [4.69, 9.17) is 16.6 Å². The van der Waals surface area contributed by atoms with Crippen LogP contribution in [0.4, 0.5) is 0 Å². The van der Waals surface area contributed by atoms with E-state index in [9.17, 15) is 9.59 Å². The summed E-state index contributed by atoms with van der Waals surface area (Å²) in [4.78, 5) is 22.8. The number of carboxylic acids is 1. The minimum atomic E-state index is -1.74. The van der Waals surface area contributed by atoms with Gasteiger partial charge in [-0.05, 0) is 25.8 Å². The molecule has 0 aromatic heterocycles. The molecule has 0 aliphatic carbocycles. The SMILES string of the molecule is CCCCCC(=O)[C@](N)(CCCN)C(=O)O. The molecule has 0 saturated heterocycles. The lowest BCUT2D eigenvalue weighted by Crippen LogP contribution is -2.55. The highest BCUT2D eigenvalue weighted by atomic mass is 16.4. The molecular formula is C11H22N2O3. The summed E-state index contributed by atoms with van der Waals surface area (Å²) in [6.07, 6.45) is 3.40. The van der Waals surface area contributed by atoms with Crippen molar-refractivity contribution in [2.45, 2.75) is 51.0 Å². The highest BCUT2D eigenvalue weighted by Crippen LogP contribution is 2.15. The van der Waals surface area contributed by atoms with Crippen LogP contribution < -0.4 is 11.5 Å². The van der Waals surface area contributed by atoms with Crippen molar-refractivity contribution < 1.29 is 14.7 Å². The third-order valence-electron chi connectivity index (χ3n) is 2.66. The first-order valence-electron chi connectivity index (χ1n) is 5.74. The van der Waals surface area contributed by atoms with Gasteiger partial charge >= 0.3 is 5.97 Å². The molecule has 0 rings (SSSR count). The molecule has 94 valence electrons. The highest BCUT2D eigenvalue weighted by molar-refractivity contribution is 6.07. The molecule has 0 aliphatic rings. The summed E-state index contributed by atoms with van der Waals surface area (Å²) in [7, 11) is 0. The van der Waals surface area contributed by atoms with Crippen LogP contribution in [0.15, 0.2) is 0 Å². The summed E-state index contributed by atoms with van der Waals surface area (Å²) >= 11 is 0. The van der Waals surface area contributed by atoms with Crippen molar-refractivity contribution in [2.24, 2.45) is 11.5 Å². The minimum absolute atomic E-state index is 0.115. The molecule has 0 aromatic carbocycles. The van der Waals surface area contributed by atoms with Crippen LogP contribution in [0.3, 0.4) is 0 Å². The Morgan fingerprint density at radius 1 is 1.25 bits per heavy atom. The zero-order valence-electron chi connectivity index (χ0n) is 9.87. The molecule has 5 N–H and O–H groups in total. The Hall–Kier alpha value is -0.940. The van der Waals surface area contributed by atoms with Crippen LogP contribution in [0.2, 0.25) is 0 Å². The Balaban J connectivity index is 4.39. The highest BCUT2D eigenvalue weighted by Gasteiger charge is 2.40. The summed E-state index contributed by atoms with van der Waals surface area (Å²) < 4.78 is 0. The monoisotopic (exact) mass is 230 g/mol. The van der Waals surface area contributed by atoms with Crippen molar-refractivity contribution in [2.75, 3.05) is 6.54 Å². The number of carboxylic acid groups (broad SMARTS) is 1. The van der Waals surface area contributed by atoms with Gasteiger partial charge in [0.2, 0.25) is 0 Å². The van der Waals surface area contributed by atoms with Gasteiger partial charge in [-0.2, -0.15) is 0 Å². The van der Waals surface area contributed by atoms with Crippen molar-refractivity contribution in [3.63, 3.8) is 0 Å². The lowest BCUT2D eigenvalue weighted by Gasteiger charge is -2.22. The normalized spacial score (nSPS) is 14.4. The Kier molecular flexibility index (Phi) is 6.92. The number of hydrogen-bond acceptors (Lipinski definition) is 4. The maximum atomic E-state index is 11.7. The number of carbonyl (C=O) groups is 2. The van der Waals surface area contributed by atoms with E-state index in [2.05, 4.69) is 0 Å². The first kappa shape index (κ1) is 15.1. The fourth-order valence-electron chi connectivity index (χ4n) is 1.51. The van der Waals surface area contributed by atoms with Crippen LogP contribution >= 0.6 is 0 Å². The molecule has 0 unspecified atom stereocenters. The molecule has 1 atom stereocenters. The maximum absolute atomic E-state index is 11.7. The van der Waals surface area contributed by atoms with E-state index in [1.54, 1.807) is 0 Å². The van der Waals surface area contributed by atoms with Gasteiger partial charge in [-0.25, -0.2) is 4.79 Å². The first-order valence-corrected chi connectivity index (χ1v) is 5.74. The van der Waals surface area contributed by atoms with Crippen molar-refractivity contribution >= 4 is 11.8 Å². The predicted octanol–water partition coefficient (Wildman–Crippen LogP) is 0.657. The average Bonchev–Trinajstić information content (AvgIpc) is 2.25. The van der Waals surface area contributed by atoms with Crippen LogP contribution in [-0.2, 0) is 9.59 Å². The van der Waals surface area contributed by atoms with Crippen molar-refractivity contribution in [3.8, 4) is 0 Å². The number of hydrogen-bond donors (Lipinski definition) is 3. The minimum Gasteiger partial charge on any atom is -0.480 e. The van der Waals surface area contributed by atoms with Gasteiger partial charge in [0.15, 0.2) is 11.3 Å². The Bertz CT molecular complexity index is 243. The summed E-state index contributed by atoms with van der Waals surface area (Å²) in [5.74, 6) is -1.63. The summed E-state index contributed by atoms with van der Waals surface area (Å²) in [6, 6.07) is 0. The lowest BCUT2D eigenvalue weighted by atomic mass is 9.87. The molecule has 0 aromatic rings. The fourth-order valence-corrected chi connectivity index (χ4v) is 1.51. The number of Topliss-reactive ketones (excluding diaryl/α,β-unsaturated/α-hetero) is 1. The third-order valence-corrected chi connectivity index (χ3v) is 2.66. The molecule has 5 heteroatoms. The van der Waals surface area contributed by atoms with Gasteiger partial charge in [0, 0.05) is 6.42 Å². The molecule has 5 nitrogen and oxygen atoms in total. The standard InChI is InChI=1S/C11H22N2O3/c1-2-3-4-6-9(14)11(13,10(15)16)7-5-8-12/h2-8,12-13H2,1H3,(H,15,16)/t11-/m1/s1. The van der Waals surface area contributed by atoms with Gasteiger partial charge < -0.3 is 16.6 Å². The van der Waals surface area contributed by atoms with Gasteiger partial charge in [0.1, 0.15) is 0 Å². The Labute approximate surface area is 96.2 Å². The fraction of sp³-hybridized carbons (Fsp3) is 0.818. The van der Waals surface area contributed by atoms with Crippen LogP contribution in [0, 0.1) is 0 Å². The summed E-state index contributed by atoms with van der Waals surface area (Å²) in [5.41, 5.74) is 9.20. The molecule has 0 spiro atoms. The van der Waals surface area contributed by atoms with E-state index in [0.717, 1.165) is 12.8 Å². The van der Waals surface area contributed by atoms with Crippen LogP contribution in [0.5, 0.6) is 0 Å². The Morgan fingerprint density at radius 3 is 2.31 bits per heavy atom. The zero-order valence-corrected chi connectivity index (χ0v) is 9.87. The molecule has 0 aliphatic heterocycles. The van der Waals surface area contributed by atoms with Gasteiger partial charge in [-0.1, -0.05) is 19.8 Å². The van der Waals surface area contributed by atoms with Crippen LogP contribution in [0.1, 0.15) is 45.4 Å². The molecule has 0 bridgehead atoms. The summed E-state index contributed by atoms with van der Waals surface area (Å²) in [5, 5.41) is 9.00. The predicted molar refractivity (Wildman–Crippen MR) is 62.0 cm³/mol. The Morgan fingerprint density at radius 2 is 1.88 bits per heavy atom. The maximum Gasteiger partial charge on any atom is 0.331 e. The van der Waals surface area contributed by atoms with Gasteiger partial charge in [0.25, 0.3) is 0 Å². The van der Waals surface area contributed by atoms with E-state index in [-0.39, 0.29) is 18.6 Å². The second-order valence-corrected chi connectivity index (χ2v) is 4.05. The molecule has 0 saturated carbocycles. The molecule has 16 heavy (non-hydrogen) atoms. The van der Waals surface area contributed by atoms with E-state index >= 15 is 0 Å². The second-order valence-electron chi connectivity index (χ2n) is 4.05. The van der Waals surface area contributed by atoms with Gasteiger partial charge in [-0.3, -0.25) is 4.79 Å². The topological polar surface area (TPSA) is 106 Å². The van der Waals surface area contributed by atoms with Gasteiger partial charge in [-0.15, -0.1) is 0 Å². The van der Waals surface area contributed by atoms with Crippen LogP contribution in [0.25, 0.3) is 0 Å².